The van der Waals surface area contributed by atoms with Crippen LogP contribution in [0.25, 0.3) is 0 Å². The van der Waals surface area contributed by atoms with Crippen LogP contribution in [0.5, 0.6) is 0 Å². The molecule has 0 atom stereocenters. The quantitative estimate of drug-likeness (QED) is 0.735. The molecule has 0 amide bonds. The highest BCUT2D eigenvalue weighted by Gasteiger charge is 2.18. The van der Waals surface area contributed by atoms with E-state index < -0.39 is 0 Å². The highest BCUT2D eigenvalue weighted by atomic mass is 15.1. The van der Waals surface area contributed by atoms with Gasteiger partial charge in [0.15, 0.2) is 0 Å². The Morgan fingerprint density at radius 2 is 2.07 bits per heavy atom. The Morgan fingerprint density at radius 3 is 2.60 bits per heavy atom. The van der Waals surface area contributed by atoms with E-state index in [2.05, 4.69) is 42.2 Å². The molecule has 0 radical (unpaired) electrons. The van der Waals surface area contributed by atoms with Crippen LogP contribution in [0, 0.1) is 0 Å². The van der Waals surface area contributed by atoms with Gasteiger partial charge in [-0.05, 0) is 56.9 Å². The Morgan fingerprint density at radius 1 is 1.33 bits per heavy atom. The van der Waals surface area contributed by atoms with Crippen molar-refractivity contribution < 1.29 is 0 Å². The summed E-state index contributed by atoms with van der Waals surface area (Å²) in [4.78, 5) is 6.88. The summed E-state index contributed by atoms with van der Waals surface area (Å²) < 4.78 is 0. The van der Waals surface area contributed by atoms with Crippen molar-refractivity contribution in [2.45, 2.75) is 32.1 Å². The molecule has 1 fully saturated rings. The molecule has 2 rings (SSSR count). The standard InChI is InChI=1S/C13H20N2/c1-3-13-5-4-12(10-14-13)11-6-8-15(2)9-7-11/h4-5,10-11H,3,6-9H2,1-2H3. The molecule has 1 aliphatic rings. The summed E-state index contributed by atoms with van der Waals surface area (Å²) in [5.74, 6) is 0.736. The highest BCUT2D eigenvalue weighted by molar-refractivity contribution is 5.19. The molecule has 1 aromatic rings. The largest absolute Gasteiger partial charge is 0.306 e. The third kappa shape index (κ3) is 2.57. The first-order chi connectivity index (χ1) is 7.29. The molecule has 0 bridgehead atoms. The van der Waals surface area contributed by atoms with Gasteiger partial charge in [-0.3, -0.25) is 4.98 Å². The number of aromatic nitrogens is 1. The van der Waals surface area contributed by atoms with E-state index in [1.54, 1.807) is 0 Å². The Balaban J connectivity index is 2.03. The molecule has 2 heteroatoms. The first-order valence-corrected chi connectivity index (χ1v) is 5.93. The normalized spacial score (nSPS) is 19.3. The van der Waals surface area contributed by atoms with Crippen LogP contribution < -0.4 is 0 Å². The summed E-state index contributed by atoms with van der Waals surface area (Å²) in [6.07, 6.45) is 5.68. The zero-order valence-corrected chi connectivity index (χ0v) is 9.74. The van der Waals surface area contributed by atoms with Crippen LogP contribution in [0.15, 0.2) is 18.3 Å². The van der Waals surface area contributed by atoms with E-state index in [0.29, 0.717) is 0 Å². The fraction of sp³-hybridized carbons (Fsp3) is 0.615. The number of hydrogen-bond acceptors (Lipinski definition) is 2. The van der Waals surface area contributed by atoms with Crippen LogP contribution in [0.1, 0.15) is 36.9 Å². The van der Waals surface area contributed by atoms with Crippen LogP contribution in [-0.2, 0) is 6.42 Å². The lowest BCUT2D eigenvalue weighted by Gasteiger charge is -2.29. The van der Waals surface area contributed by atoms with Crippen molar-refractivity contribution >= 4 is 0 Å². The van der Waals surface area contributed by atoms with Gasteiger partial charge in [0.25, 0.3) is 0 Å². The van der Waals surface area contributed by atoms with Crippen LogP contribution in [0.4, 0.5) is 0 Å². The van der Waals surface area contributed by atoms with E-state index in [1.165, 1.54) is 37.2 Å². The zero-order chi connectivity index (χ0) is 10.7. The van der Waals surface area contributed by atoms with Crippen molar-refractivity contribution in [3.05, 3.63) is 29.6 Å². The van der Waals surface area contributed by atoms with Crippen LogP contribution in [0.2, 0.25) is 0 Å². The average Bonchev–Trinajstić information content (AvgIpc) is 2.30. The third-order valence-corrected chi connectivity index (χ3v) is 3.40. The van der Waals surface area contributed by atoms with Gasteiger partial charge in [0.2, 0.25) is 0 Å². The maximum Gasteiger partial charge on any atom is 0.0401 e. The van der Waals surface area contributed by atoms with Crippen LogP contribution >= 0.6 is 0 Å². The molecule has 0 aliphatic carbocycles. The molecular formula is C13H20N2. The Hall–Kier alpha value is -0.890. The molecule has 1 aliphatic heterocycles. The number of aryl methyl sites for hydroxylation is 1. The Kier molecular flexibility index (Phi) is 3.37. The first kappa shape index (κ1) is 10.6. The molecule has 82 valence electrons. The van der Waals surface area contributed by atoms with Gasteiger partial charge in [-0.25, -0.2) is 0 Å². The Labute approximate surface area is 92.3 Å². The van der Waals surface area contributed by atoms with E-state index >= 15 is 0 Å². The molecular weight excluding hydrogens is 184 g/mol. The van der Waals surface area contributed by atoms with Crippen LogP contribution in [-0.4, -0.2) is 30.0 Å². The third-order valence-electron chi connectivity index (χ3n) is 3.40. The average molecular weight is 204 g/mol. The number of pyridine rings is 1. The fourth-order valence-electron chi connectivity index (χ4n) is 2.23. The smallest absolute Gasteiger partial charge is 0.0401 e. The fourth-order valence-corrected chi connectivity index (χ4v) is 2.23. The zero-order valence-electron chi connectivity index (χ0n) is 9.74. The summed E-state index contributed by atoms with van der Waals surface area (Å²) in [5.41, 5.74) is 2.63. The van der Waals surface area contributed by atoms with Crippen molar-refractivity contribution in [1.29, 1.82) is 0 Å². The summed E-state index contributed by atoms with van der Waals surface area (Å²) in [6, 6.07) is 4.44. The first-order valence-electron chi connectivity index (χ1n) is 5.93. The van der Waals surface area contributed by atoms with Crippen molar-refractivity contribution in [1.82, 2.24) is 9.88 Å². The molecule has 1 saturated heterocycles. The topological polar surface area (TPSA) is 16.1 Å². The molecule has 1 aromatic heterocycles. The van der Waals surface area contributed by atoms with Gasteiger partial charge in [0.05, 0.1) is 0 Å². The summed E-state index contributed by atoms with van der Waals surface area (Å²) >= 11 is 0. The van der Waals surface area contributed by atoms with E-state index in [0.717, 1.165) is 12.3 Å². The van der Waals surface area contributed by atoms with Crippen molar-refractivity contribution in [3.63, 3.8) is 0 Å². The summed E-state index contributed by atoms with van der Waals surface area (Å²) in [7, 11) is 2.20. The van der Waals surface area contributed by atoms with E-state index in [1.807, 2.05) is 0 Å². The maximum atomic E-state index is 4.48. The van der Waals surface area contributed by atoms with E-state index in [4.69, 9.17) is 0 Å². The molecule has 0 unspecified atom stereocenters. The van der Waals surface area contributed by atoms with Gasteiger partial charge < -0.3 is 4.90 Å². The molecule has 0 spiro atoms. The second-order valence-corrected chi connectivity index (χ2v) is 4.51. The van der Waals surface area contributed by atoms with Crippen molar-refractivity contribution in [2.75, 3.05) is 20.1 Å². The summed E-state index contributed by atoms with van der Waals surface area (Å²) in [6.45, 7) is 4.60. The number of piperidine rings is 1. The number of hydrogen-bond donors (Lipinski definition) is 0. The van der Waals surface area contributed by atoms with Gasteiger partial charge in [-0.15, -0.1) is 0 Å². The van der Waals surface area contributed by atoms with E-state index in [9.17, 15) is 0 Å². The minimum atomic E-state index is 0.736. The SMILES string of the molecule is CCc1ccc(C2CCN(C)CC2)cn1. The monoisotopic (exact) mass is 204 g/mol. The molecule has 2 nitrogen and oxygen atoms in total. The minimum absolute atomic E-state index is 0.736. The van der Waals surface area contributed by atoms with Gasteiger partial charge in [-0.1, -0.05) is 13.0 Å². The van der Waals surface area contributed by atoms with Gasteiger partial charge in [0, 0.05) is 11.9 Å². The molecule has 0 N–H and O–H groups in total. The molecule has 15 heavy (non-hydrogen) atoms. The number of likely N-dealkylation sites (tertiary alicyclic amines) is 1. The predicted molar refractivity (Wildman–Crippen MR) is 63.1 cm³/mol. The number of rotatable bonds is 2. The van der Waals surface area contributed by atoms with Crippen LogP contribution in [0.3, 0.4) is 0 Å². The lowest BCUT2D eigenvalue weighted by molar-refractivity contribution is 0.255. The molecule has 2 heterocycles. The Bertz CT molecular complexity index is 297. The second-order valence-electron chi connectivity index (χ2n) is 4.51. The lowest BCUT2D eigenvalue weighted by atomic mass is 9.90. The van der Waals surface area contributed by atoms with Gasteiger partial charge in [-0.2, -0.15) is 0 Å². The molecule has 0 aromatic carbocycles. The van der Waals surface area contributed by atoms with E-state index in [-0.39, 0.29) is 0 Å². The minimum Gasteiger partial charge on any atom is -0.306 e. The second kappa shape index (κ2) is 4.75. The van der Waals surface area contributed by atoms with Crippen molar-refractivity contribution in [2.24, 2.45) is 0 Å². The van der Waals surface area contributed by atoms with Gasteiger partial charge in [0.1, 0.15) is 0 Å². The highest BCUT2D eigenvalue weighted by Crippen LogP contribution is 2.26. The van der Waals surface area contributed by atoms with Crippen molar-refractivity contribution in [3.8, 4) is 0 Å². The maximum absolute atomic E-state index is 4.48. The van der Waals surface area contributed by atoms with Gasteiger partial charge >= 0.3 is 0 Å². The summed E-state index contributed by atoms with van der Waals surface area (Å²) in [5, 5.41) is 0. The lowest BCUT2D eigenvalue weighted by Crippen LogP contribution is -2.29. The molecule has 0 saturated carbocycles. The number of nitrogens with zero attached hydrogens (tertiary/aromatic N) is 2. The predicted octanol–water partition coefficient (Wildman–Crippen LogP) is 2.45.